The molecule has 0 fully saturated rings. The first kappa shape index (κ1) is 11.4. The van der Waals surface area contributed by atoms with E-state index in [-0.39, 0.29) is 5.38 Å². The van der Waals surface area contributed by atoms with Crippen LogP contribution in [0.25, 0.3) is 11.0 Å². The average Bonchev–Trinajstić information content (AvgIpc) is 2.81. The van der Waals surface area contributed by atoms with Gasteiger partial charge in [-0.3, -0.25) is 0 Å². The van der Waals surface area contributed by atoms with Gasteiger partial charge in [-0.15, -0.1) is 11.6 Å². The highest BCUT2D eigenvalue weighted by molar-refractivity contribution is 6.22. The summed E-state index contributed by atoms with van der Waals surface area (Å²) >= 11 is 6.48. The van der Waals surface area contributed by atoms with E-state index in [1.807, 2.05) is 42.5 Å². The second-order valence-electron chi connectivity index (χ2n) is 4.46. The molecule has 1 heterocycles. The Labute approximate surface area is 111 Å². The SMILES string of the molecule is Cc1cccc(C(Cl)c2cc3ccccc3o2)c1. The Balaban J connectivity index is 2.03. The molecule has 0 radical (unpaired) electrons. The molecule has 18 heavy (non-hydrogen) atoms. The normalized spacial score (nSPS) is 12.8. The van der Waals surface area contributed by atoms with Crippen molar-refractivity contribution in [2.24, 2.45) is 0 Å². The first-order chi connectivity index (χ1) is 8.74. The number of halogens is 1. The molecular formula is C16H13ClO. The molecule has 0 aliphatic rings. The molecule has 0 amide bonds. The lowest BCUT2D eigenvalue weighted by molar-refractivity contribution is 0.557. The highest BCUT2D eigenvalue weighted by Crippen LogP contribution is 2.33. The molecule has 1 unspecified atom stereocenters. The number of hydrogen-bond donors (Lipinski definition) is 0. The molecule has 0 spiro atoms. The average molecular weight is 257 g/mol. The van der Waals surface area contributed by atoms with E-state index in [4.69, 9.17) is 16.0 Å². The number of para-hydroxylation sites is 1. The number of aryl methyl sites for hydroxylation is 1. The maximum Gasteiger partial charge on any atom is 0.134 e. The van der Waals surface area contributed by atoms with E-state index < -0.39 is 0 Å². The summed E-state index contributed by atoms with van der Waals surface area (Å²) in [6.07, 6.45) is 0. The number of hydrogen-bond acceptors (Lipinski definition) is 1. The number of furan rings is 1. The van der Waals surface area contributed by atoms with Gasteiger partial charge in [0, 0.05) is 5.39 Å². The highest BCUT2D eigenvalue weighted by Gasteiger charge is 2.15. The third-order valence-electron chi connectivity index (χ3n) is 3.03. The molecule has 90 valence electrons. The first-order valence-corrected chi connectivity index (χ1v) is 6.37. The summed E-state index contributed by atoms with van der Waals surface area (Å²) in [5, 5.41) is 0.850. The van der Waals surface area contributed by atoms with Crippen LogP contribution < -0.4 is 0 Å². The fraction of sp³-hybridized carbons (Fsp3) is 0.125. The van der Waals surface area contributed by atoms with E-state index >= 15 is 0 Å². The second-order valence-corrected chi connectivity index (χ2v) is 4.90. The lowest BCUT2D eigenvalue weighted by atomic mass is 10.1. The molecule has 0 bridgehead atoms. The maximum atomic E-state index is 6.48. The lowest BCUT2D eigenvalue weighted by Gasteiger charge is -2.07. The number of fused-ring (bicyclic) bond motifs is 1. The minimum Gasteiger partial charge on any atom is -0.459 e. The predicted octanol–water partition coefficient (Wildman–Crippen LogP) is 5.07. The van der Waals surface area contributed by atoms with E-state index in [0.29, 0.717) is 0 Å². The van der Waals surface area contributed by atoms with Gasteiger partial charge in [0.2, 0.25) is 0 Å². The number of alkyl halides is 1. The van der Waals surface area contributed by atoms with E-state index in [2.05, 4.69) is 19.1 Å². The van der Waals surface area contributed by atoms with E-state index in [1.165, 1.54) is 5.56 Å². The van der Waals surface area contributed by atoms with Gasteiger partial charge in [0.05, 0.1) is 0 Å². The minimum absolute atomic E-state index is 0.239. The van der Waals surface area contributed by atoms with Crippen molar-refractivity contribution in [3.05, 3.63) is 71.5 Å². The van der Waals surface area contributed by atoms with Gasteiger partial charge in [0.1, 0.15) is 16.7 Å². The molecular weight excluding hydrogens is 244 g/mol. The minimum atomic E-state index is -0.239. The Morgan fingerprint density at radius 2 is 1.83 bits per heavy atom. The van der Waals surface area contributed by atoms with Gasteiger partial charge in [-0.25, -0.2) is 0 Å². The topological polar surface area (TPSA) is 13.1 Å². The van der Waals surface area contributed by atoms with Crippen LogP contribution in [-0.2, 0) is 0 Å². The van der Waals surface area contributed by atoms with Crippen molar-refractivity contribution in [3.8, 4) is 0 Å². The summed E-state index contributed by atoms with van der Waals surface area (Å²) in [7, 11) is 0. The molecule has 2 heteroatoms. The maximum absolute atomic E-state index is 6.48. The van der Waals surface area contributed by atoms with Gasteiger partial charge in [-0.1, -0.05) is 48.0 Å². The largest absolute Gasteiger partial charge is 0.459 e. The third-order valence-corrected chi connectivity index (χ3v) is 3.50. The summed E-state index contributed by atoms with van der Waals surface area (Å²) in [5.41, 5.74) is 3.15. The van der Waals surface area contributed by atoms with Gasteiger partial charge in [-0.05, 0) is 24.6 Å². The van der Waals surface area contributed by atoms with Crippen LogP contribution in [0.4, 0.5) is 0 Å². The van der Waals surface area contributed by atoms with Gasteiger partial charge in [-0.2, -0.15) is 0 Å². The van der Waals surface area contributed by atoms with Crippen LogP contribution in [-0.4, -0.2) is 0 Å². The zero-order valence-electron chi connectivity index (χ0n) is 10.1. The first-order valence-electron chi connectivity index (χ1n) is 5.93. The Hall–Kier alpha value is -1.73. The molecule has 0 N–H and O–H groups in total. The zero-order valence-corrected chi connectivity index (χ0v) is 10.8. The van der Waals surface area contributed by atoms with Crippen molar-refractivity contribution in [2.75, 3.05) is 0 Å². The van der Waals surface area contributed by atoms with E-state index in [1.54, 1.807) is 0 Å². The van der Waals surface area contributed by atoms with Crippen LogP contribution in [0.15, 0.2) is 59.0 Å². The quantitative estimate of drug-likeness (QED) is 0.584. The van der Waals surface area contributed by atoms with Crippen molar-refractivity contribution < 1.29 is 4.42 Å². The van der Waals surface area contributed by atoms with Crippen LogP contribution in [0.1, 0.15) is 22.3 Å². The Bertz CT molecular complexity index is 651. The Morgan fingerprint density at radius 3 is 2.61 bits per heavy atom. The van der Waals surface area contributed by atoms with Crippen LogP contribution in [0.2, 0.25) is 0 Å². The molecule has 2 aromatic carbocycles. The zero-order chi connectivity index (χ0) is 12.5. The standard InChI is InChI=1S/C16H13ClO/c1-11-5-4-7-13(9-11)16(17)15-10-12-6-2-3-8-14(12)18-15/h2-10,16H,1H3. The molecule has 1 atom stereocenters. The molecule has 1 nitrogen and oxygen atoms in total. The van der Waals surface area contributed by atoms with Crippen LogP contribution in [0.5, 0.6) is 0 Å². The van der Waals surface area contributed by atoms with E-state index in [9.17, 15) is 0 Å². The van der Waals surface area contributed by atoms with Crippen LogP contribution >= 0.6 is 11.6 Å². The monoisotopic (exact) mass is 256 g/mol. The summed E-state index contributed by atoms with van der Waals surface area (Å²) in [6.45, 7) is 2.06. The molecule has 0 saturated heterocycles. The highest BCUT2D eigenvalue weighted by atomic mass is 35.5. The van der Waals surface area contributed by atoms with Crippen molar-refractivity contribution >= 4 is 22.6 Å². The van der Waals surface area contributed by atoms with Crippen molar-refractivity contribution in [2.45, 2.75) is 12.3 Å². The van der Waals surface area contributed by atoms with Crippen LogP contribution in [0.3, 0.4) is 0 Å². The third kappa shape index (κ3) is 2.02. The van der Waals surface area contributed by atoms with Gasteiger partial charge in [0.25, 0.3) is 0 Å². The fourth-order valence-corrected chi connectivity index (χ4v) is 2.36. The van der Waals surface area contributed by atoms with Gasteiger partial charge < -0.3 is 4.42 Å². The Kier molecular flexibility index (Phi) is 2.85. The van der Waals surface area contributed by atoms with Crippen molar-refractivity contribution in [1.29, 1.82) is 0 Å². The van der Waals surface area contributed by atoms with Gasteiger partial charge >= 0.3 is 0 Å². The molecule has 0 aliphatic heterocycles. The van der Waals surface area contributed by atoms with E-state index in [0.717, 1.165) is 22.3 Å². The molecule has 0 saturated carbocycles. The van der Waals surface area contributed by atoms with Crippen molar-refractivity contribution in [3.63, 3.8) is 0 Å². The molecule has 3 rings (SSSR count). The summed E-state index contributed by atoms with van der Waals surface area (Å²) in [5.74, 6) is 0.795. The van der Waals surface area contributed by atoms with Gasteiger partial charge in [0.15, 0.2) is 0 Å². The number of rotatable bonds is 2. The van der Waals surface area contributed by atoms with Crippen molar-refractivity contribution in [1.82, 2.24) is 0 Å². The smallest absolute Gasteiger partial charge is 0.134 e. The Morgan fingerprint density at radius 1 is 1.00 bits per heavy atom. The van der Waals surface area contributed by atoms with Crippen LogP contribution in [0, 0.1) is 6.92 Å². The summed E-state index contributed by atoms with van der Waals surface area (Å²) in [4.78, 5) is 0. The molecule has 3 aromatic rings. The number of benzene rings is 2. The molecule has 0 aliphatic carbocycles. The fourth-order valence-electron chi connectivity index (χ4n) is 2.12. The predicted molar refractivity (Wildman–Crippen MR) is 75.1 cm³/mol. The molecule has 1 aromatic heterocycles. The summed E-state index contributed by atoms with van der Waals surface area (Å²) < 4.78 is 5.79. The second kappa shape index (κ2) is 4.51. The lowest BCUT2D eigenvalue weighted by Crippen LogP contribution is -1.91. The summed E-state index contributed by atoms with van der Waals surface area (Å²) in [6, 6.07) is 18.1.